The van der Waals surface area contributed by atoms with Crippen LogP contribution in [0.5, 0.6) is 0 Å². The number of hydrogen-bond acceptors (Lipinski definition) is 3. The van der Waals surface area contributed by atoms with Crippen molar-refractivity contribution in [1.82, 2.24) is 19.6 Å². The summed E-state index contributed by atoms with van der Waals surface area (Å²) < 4.78 is 1.68. The van der Waals surface area contributed by atoms with Crippen molar-refractivity contribution >= 4 is 11.8 Å². The van der Waals surface area contributed by atoms with E-state index in [9.17, 15) is 9.59 Å². The molecule has 3 fully saturated rings. The molecule has 1 aliphatic carbocycles. The predicted molar refractivity (Wildman–Crippen MR) is 94.1 cm³/mol. The molecule has 1 atom stereocenters. The van der Waals surface area contributed by atoms with E-state index in [1.54, 1.807) is 10.9 Å². The van der Waals surface area contributed by atoms with Crippen LogP contribution in [0.2, 0.25) is 0 Å². The largest absolute Gasteiger partial charge is 0.339 e. The van der Waals surface area contributed by atoms with Gasteiger partial charge in [-0.25, -0.2) is 0 Å². The van der Waals surface area contributed by atoms with Crippen LogP contribution in [0.1, 0.15) is 61.0 Å². The van der Waals surface area contributed by atoms with Gasteiger partial charge in [0, 0.05) is 38.9 Å². The molecule has 2 amide bonds. The number of carbonyl (C=O) groups is 2. The lowest BCUT2D eigenvalue weighted by atomic mass is 9.77. The van der Waals surface area contributed by atoms with Gasteiger partial charge in [0.2, 0.25) is 5.91 Å². The lowest BCUT2D eigenvalue weighted by Gasteiger charge is -2.42. The van der Waals surface area contributed by atoms with Crippen LogP contribution in [-0.2, 0) is 11.8 Å². The third-order valence-corrected chi connectivity index (χ3v) is 6.42. The van der Waals surface area contributed by atoms with Gasteiger partial charge < -0.3 is 9.80 Å². The second-order valence-electron chi connectivity index (χ2n) is 8.10. The molecular weight excluding hydrogens is 316 g/mol. The first-order valence-corrected chi connectivity index (χ1v) is 9.61. The van der Waals surface area contributed by atoms with Gasteiger partial charge in [-0.15, -0.1) is 0 Å². The lowest BCUT2D eigenvalue weighted by Crippen LogP contribution is -2.53. The van der Waals surface area contributed by atoms with Crippen LogP contribution < -0.4 is 0 Å². The van der Waals surface area contributed by atoms with Crippen LogP contribution in [0.3, 0.4) is 0 Å². The number of amides is 2. The monoisotopic (exact) mass is 344 g/mol. The third-order valence-electron chi connectivity index (χ3n) is 6.42. The van der Waals surface area contributed by atoms with E-state index >= 15 is 0 Å². The molecule has 0 unspecified atom stereocenters. The summed E-state index contributed by atoms with van der Waals surface area (Å²) in [7, 11) is 1.83. The maximum atomic E-state index is 13.3. The third kappa shape index (κ3) is 2.75. The van der Waals surface area contributed by atoms with Crippen LogP contribution in [0, 0.1) is 12.3 Å². The van der Waals surface area contributed by atoms with E-state index in [0.717, 1.165) is 44.3 Å². The number of likely N-dealkylation sites (tertiary alicyclic amines) is 2. The van der Waals surface area contributed by atoms with Crippen LogP contribution in [0.15, 0.2) is 6.20 Å². The molecule has 6 heteroatoms. The molecule has 0 radical (unpaired) electrons. The van der Waals surface area contributed by atoms with E-state index in [1.807, 2.05) is 18.9 Å². The molecule has 136 valence electrons. The van der Waals surface area contributed by atoms with Crippen molar-refractivity contribution in [3.8, 4) is 0 Å². The number of rotatable bonds is 2. The molecule has 0 aromatic carbocycles. The second kappa shape index (κ2) is 6.15. The predicted octanol–water partition coefficient (Wildman–Crippen LogP) is 2.13. The molecule has 6 nitrogen and oxygen atoms in total. The highest BCUT2D eigenvalue weighted by atomic mass is 16.2. The molecule has 0 N–H and O–H groups in total. The Bertz CT molecular complexity index is 692. The topological polar surface area (TPSA) is 58.4 Å². The van der Waals surface area contributed by atoms with Crippen molar-refractivity contribution in [3.05, 3.63) is 17.5 Å². The Morgan fingerprint density at radius 1 is 1.20 bits per heavy atom. The summed E-state index contributed by atoms with van der Waals surface area (Å²) in [5.41, 5.74) is 1.08. The van der Waals surface area contributed by atoms with Gasteiger partial charge in [-0.1, -0.05) is 12.8 Å². The van der Waals surface area contributed by atoms with Crippen molar-refractivity contribution in [3.63, 3.8) is 0 Å². The summed E-state index contributed by atoms with van der Waals surface area (Å²) in [6.07, 6.45) is 9.37. The number of aryl methyl sites for hydroxylation is 2. The minimum Gasteiger partial charge on any atom is -0.339 e. The number of aromatic nitrogens is 2. The summed E-state index contributed by atoms with van der Waals surface area (Å²) >= 11 is 0. The first-order valence-electron chi connectivity index (χ1n) is 9.61. The Hall–Kier alpha value is -1.85. The zero-order valence-electron chi connectivity index (χ0n) is 15.3. The average Bonchev–Trinajstić information content (AvgIpc) is 3.31. The number of hydrogen-bond donors (Lipinski definition) is 0. The van der Waals surface area contributed by atoms with E-state index in [-0.39, 0.29) is 11.3 Å². The van der Waals surface area contributed by atoms with Gasteiger partial charge >= 0.3 is 0 Å². The Kier molecular flexibility index (Phi) is 4.08. The van der Waals surface area contributed by atoms with Gasteiger partial charge in [0.25, 0.3) is 5.91 Å². The van der Waals surface area contributed by atoms with Crippen LogP contribution in [0.25, 0.3) is 0 Å². The minimum atomic E-state index is -0.341. The van der Waals surface area contributed by atoms with Gasteiger partial charge in [0.1, 0.15) is 0 Å². The van der Waals surface area contributed by atoms with Crippen LogP contribution in [-0.4, -0.2) is 57.1 Å². The van der Waals surface area contributed by atoms with E-state index in [1.165, 1.54) is 12.8 Å². The second-order valence-corrected chi connectivity index (χ2v) is 8.10. The van der Waals surface area contributed by atoms with E-state index in [2.05, 4.69) is 10.00 Å². The number of carbonyl (C=O) groups excluding carboxylic acids is 2. The summed E-state index contributed by atoms with van der Waals surface area (Å²) in [5.74, 6) is 0.331. The Morgan fingerprint density at radius 2 is 1.96 bits per heavy atom. The highest BCUT2D eigenvalue weighted by molar-refractivity contribution is 5.96. The van der Waals surface area contributed by atoms with Crippen LogP contribution >= 0.6 is 0 Å². The molecule has 1 spiro atoms. The zero-order chi connectivity index (χ0) is 17.6. The molecule has 25 heavy (non-hydrogen) atoms. The first-order chi connectivity index (χ1) is 12.0. The first kappa shape index (κ1) is 16.6. The van der Waals surface area contributed by atoms with Gasteiger partial charge in [-0.05, 0) is 39.0 Å². The highest BCUT2D eigenvalue weighted by Gasteiger charge is 2.50. The Labute approximate surface area is 149 Å². The average molecular weight is 344 g/mol. The maximum Gasteiger partial charge on any atom is 0.257 e. The van der Waals surface area contributed by atoms with Crippen molar-refractivity contribution in [2.24, 2.45) is 12.5 Å². The van der Waals surface area contributed by atoms with Gasteiger partial charge in [-0.3, -0.25) is 14.3 Å². The van der Waals surface area contributed by atoms with E-state index in [0.29, 0.717) is 30.6 Å². The van der Waals surface area contributed by atoms with Crippen molar-refractivity contribution < 1.29 is 9.59 Å². The summed E-state index contributed by atoms with van der Waals surface area (Å²) in [4.78, 5) is 30.2. The van der Waals surface area contributed by atoms with Gasteiger partial charge in [0.05, 0.1) is 16.7 Å². The van der Waals surface area contributed by atoms with Crippen molar-refractivity contribution in [2.75, 3.05) is 19.6 Å². The molecule has 1 saturated carbocycles. The minimum absolute atomic E-state index is 0.0215. The summed E-state index contributed by atoms with van der Waals surface area (Å²) in [5, 5.41) is 4.28. The molecule has 3 aliphatic rings. The van der Waals surface area contributed by atoms with E-state index < -0.39 is 0 Å². The van der Waals surface area contributed by atoms with Crippen molar-refractivity contribution in [1.29, 1.82) is 0 Å². The zero-order valence-corrected chi connectivity index (χ0v) is 15.3. The van der Waals surface area contributed by atoms with Crippen LogP contribution in [0.4, 0.5) is 0 Å². The molecule has 1 aromatic rings. The molecule has 0 bridgehead atoms. The standard InChI is InChI=1S/C19H28N4O2/c1-14-16(12-21(2)20-14)17(24)22-11-9-19(13-22)8-5-10-23(18(19)25)15-6-3-4-7-15/h12,15H,3-11,13H2,1-2H3/t19-/m0/s1. The quantitative estimate of drug-likeness (QED) is 0.826. The number of nitrogens with zero attached hydrogens (tertiary/aromatic N) is 4. The fraction of sp³-hybridized carbons (Fsp3) is 0.737. The van der Waals surface area contributed by atoms with E-state index in [4.69, 9.17) is 0 Å². The fourth-order valence-corrected chi connectivity index (χ4v) is 5.07. The normalized spacial score (nSPS) is 27.7. The molecule has 4 rings (SSSR count). The van der Waals surface area contributed by atoms with Crippen molar-refractivity contribution in [2.45, 2.75) is 57.9 Å². The smallest absolute Gasteiger partial charge is 0.257 e. The molecular formula is C19H28N4O2. The number of piperidine rings is 1. The van der Waals surface area contributed by atoms with Gasteiger partial charge in [0.15, 0.2) is 0 Å². The SMILES string of the molecule is Cc1nn(C)cc1C(=O)N1CC[C@@]2(CCCN(C3CCCC3)C2=O)C1. The maximum absolute atomic E-state index is 13.3. The Balaban J connectivity index is 1.51. The summed E-state index contributed by atoms with van der Waals surface area (Å²) in [6.45, 7) is 4.02. The lowest BCUT2D eigenvalue weighted by molar-refractivity contribution is -0.148. The molecule has 2 saturated heterocycles. The van der Waals surface area contributed by atoms with Gasteiger partial charge in [-0.2, -0.15) is 5.10 Å². The molecule has 2 aliphatic heterocycles. The molecule has 1 aromatic heterocycles. The molecule has 3 heterocycles. The highest BCUT2D eigenvalue weighted by Crippen LogP contribution is 2.42. The fourth-order valence-electron chi connectivity index (χ4n) is 5.07. The summed E-state index contributed by atoms with van der Waals surface area (Å²) in [6, 6.07) is 0.440. The Morgan fingerprint density at radius 3 is 2.64 bits per heavy atom.